The molecule has 20 nitrogen and oxygen atoms in total. The third-order valence-corrected chi connectivity index (χ3v) is 12.2. The van der Waals surface area contributed by atoms with Gasteiger partial charge in [-0.3, -0.25) is 5.01 Å². The van der Waals surface area contributed by atoms with E-state index in [1.54, 1.807) is 52.5 Å². The van der Waals surface area contributed by atoms with E-state index in [2.05, 4.69) is 41.5 Å². The first kappa shape index (κ1) is 50.9. The molecule has 2 N–H and O–H groups in total. The standard InChI is InChI=1S/C42H44N12O8S2.2Na/c1-29-8-14-33(15-9-29)45-35-27-43-49-47-41(35)53(51-18-22-61-23-19-51)37-26-32(13-12-31-6-4-3-5-7-31)39(63(55,56)57)40(64(58,59)60)38(37)54(52-20-24-62-25-21-52)42-36(28-44-50-48-42)46-34-16-10-30(2)11-17-34;;/h3-17,26-28H,18-25H2,1-2H3,(H,45,49)(H,46,50)(H,55,56,57)(H,58,59,60);;/q;2*+1/p-2. The van der Waals surface area contributed by atoms with Crippen LogP contribution in [0.25, 0.3) is 12.2 Å². The van der Waals surface area contributed by atoms with Crippen molar-refractivity contribution >= 4 is 78.1 Å². The van der Waals surface area contributed by atoms with E-state index in [1.807, 2.05) is 50.2 Å². The SMILES string of the molecule is Cc1ccc(Nc2cnnnc2N(c2cc(C=Cc3ccccc3)c(S(=O)(=O)[O-])c(S(=O)(=O)[O-])c2N(c2nnncc2Nc2ccc(C)cc2)N2CCOCC2)N2CCOCC2)cc1.[Na+].[Na+]. The van der Waals surface area contributed by atoms with E-state index in [1.165, 1.54) is 40.6 Å². The van der Waals surface area contributed by atoms with Crippen LogP contribution in [0.3, 0.4) is 0 Å². The third kappa shape index (κ3) is 12.0. The van der Waals surface area contributed by atoms with Crippen LogP contribution in [-0.4, -0.2) is 119 Å². The van der Waals surface area contributed by atoms with Gasteiger partial charge in [-0.15, -0.1) is 20.4 Å². The Kier molecular flexibility index (Phi) is 17.4. The van der Waals surface area contributed by atoms with Gasteiger partial charge in [-0.25, -0.2) is 31.9 Å². The average Bonchev–Trinajstić information content (AvgIpc) is 3.29. The maximum Gasteiger partial charge on any atom is 1.00 e. The zero-order valence-electron chi connectivity index (χ0n) is 36.6. The van der Waals surface area contributed by atoms with Crippen molar-refractivity contribution in [3.05, 3.63) is 120 Å². The fourth-order valence-electron chi connectivity index (χ4n) is 7.26. The molecule has 0 radical (unpaired) electrons. The van der Waals surface area contributed by atoms with Gasteiger partial charge in [0.15, 0.2) is 11.6 Å². The van der Waals surface area contributed by atoms with Crippen molar-refractivity contribution in [1.82, 2.24) is 40.8 Å². The second-order valence-corrected chi connectivity index (χ2v) is 17.4. The van der Waals surface area contributed by atoms with Crippen LogP contribution < -0.4 is 79.8 Å². The van der Waals surface area contributed by atoms with E-state index in [0.717, 1.165) is 11.1 Å². The normalized spacial score (nSPS) is 14.8. The monoisotopic (exact) mass is 952 g/mol. The van der Waals surface area contributed by atoms with Crippen LogP contribution in [0.4, 0.5) is 45.8 Å². The minimum absolute atomic E-state index is 0. The van der Waals surface area contributed by atoms with Gasteiger partial charge in [0.05, 0.1) is 54.3 Å². The van der Waals surface area contributed by atoms with Crippen molar-refractivity contribution in [3.8, 4) is 0 Å². The van der Waals surface area contributed by atoms with Gasteiger partial charge in [-0.1, -0.05) is 77.9 Å². The molecule has 24 heteroatoms. The Balaban J connectivity index is 0.00000360. The molecular formula is C42H42N12Na2O8S2. The fourth-order valence-corrected chi connectivity index (χ4v) is 9.38. The van der Waals surface area contributed by atoms with Gasteiger partial charge < -0.3 is 29.2 Å². The molecule has 2 aliphatic rings. The van der Waals surface area contributed by atoms with E-state index in [4.69, 9.17) is 9.47 Å². The number of aryl methyl sites for hydroxylation is 2. The number of rotatable bonds is 14. The van der Waals surface area contributed by atoms with Crippen LogP contribution in [0.15, 0.2) is 107 Å². The van der Waals surface area contributed by atoms with Gasteiger partial charge >= 0.3 is 59.1 Å². The number of hydrogen-bond donors (Lipinski definition) is 2. The number of morpholine rings is 2. The van der Waals surface area contributed by atoms with Crippen LogP contribution in [-0.2, 0) is 29.7 Å². The van der Waals surface area contributed by atoms with Crippen molar-refractivity contribution in [2.45, 2.75) is 23.6 Å². The molecule has 0 unspecified atom stereocenters. The van der Waals surface area contributed by atoms with Gasteiger partial charge in [-0.2, -0.15) is 0 Å². The number of nitrogens with one attached hydrogen (secondary N) is 2. The van der Waals surface area contributed by atoms with Crippen molar-refractivity contribution in [2.24, 2.45) is 0 Å². The first-order valence-electron chi connectivity index (χ1n) is 20.0. The molecule has 0 spiro atoms. The Morgan fingerprint density at radius 3 is 1.55 bits per heavy atom. The molecule has 0 atom stereocenters. The summed E-state index contributed by atoms with van der Waals surface area (Å²) in [6.45, 7) is 5.07. The summed E-state index contributed by atoms with van der Waals surface area (Å²) in [7, 11) is -11.7. The molecule has 332 valence electrons. The molecule has 8 rings (SSSR count). The number of nitrogens with zero attached hydrogens (tertiary/aromatic N) is 10. The number of benzene rings is 4. The van der Waals surface area contributed by atoms with Crippen LogP contribution in [0.5, 0.6) is 0 Å². The van der Waals surface area contributed by atoms with E-state index in [9.17, 15) is 25.9 Å². The summed E-state index contributed by atoms with van der Waals surface area (Å²) in [5, 5.41) is 37.7. The summed E-state index contributed by atoms with van der Waals surface area (Å²) in [5.74, 6) is -0.0457. The predicted octanol–water partition coefficient (Wildman–Crippen LogP) is -1.08. The van der Waals surface area contributed by atoms with Crippen molar-refractivity contribution in [3.63, 3.8) is 0 Å². The van der Waals surface area contributed by atoms with Gasteiger partial charge in [0.1, 0.15) is 37.3 Å². The summed E-state index contributed by atoms with van der Waals surface area (Å²) < 4.78 is 95.1. The molecule has 2 aromatic heterocycles. The summed E-state index contributed by atoms with van der Waals surface area (Å²) in [5.41, 5.74) is 3.18. The molecule has 0 amide bonds. The van der Waals surface area contributed by atoms with Crippen LogP contribution in [0.1, 0.15) is 22.3 Å². The number of ether oxygens (including phenoxy) is 2. The molecule has 0 aliphatic carbocycles. The summed E-state index contributed by atoms with van der Waals surface area (Å²) in [6.07, 6.45) is 5.55. The van der Waals surface area contributed by atoms with E-state index >= 15 is 0 Å². The molecule has 2 aliphatic heterocycles. The second-order valence-electron chi connectivity index (χ2n) is 14.7. The Labute approximate surface area is 426 Å². The number of anilines is 8. The minimum atomic E-state index is -5.93. The van der Waals surface area contributed by atoms with Crippen molar-refractivity contribution in [1.29, 1.82) is 0 Å². The van der Waals surface area contributed by atoms with Gasteiger partial charge in [0, 0.05) is 37.6 Å². The van der Waals surface area contributed by atoms with E-state index in [0.29, 0.717) is 16.9 Å². The Hall–Kier alpha value is -4.50. The summed E-state index contributed by atoms with van der Waals surface area (Å²) >= 11 is 0. The molecule has 6 aromatic rings. The molecule has 66 heavy (non-hydrogen) atoms. The zero-order valence-corrected chi connectivity index (χ0v) is 42.2. The van der Waals surface area contributed by atoms with Crippen LogP contribution >= 0.6 is 0 Å². The molecule has 0 bridgehead atoms. The number of aromatic nitrogens is 6. The first-order valence-corrected chi connectivity index (χ1v) is 22.8. The van der Waals surface area contributed by atoms with E-state index < -0.39 is 41.3 Å². The maximum absolute atomic E-state index is 14.2. The van der Waals surface area contributed by atoms with Crippen LogP contribution in [0.2, 0.25) is 0 Å². The predicted molar refractivity (Wildman–Crippen MR) is 235 cm³/mol. The molecule has 2 saturated heterocycles. The second kappa shape index (κ2) is 22.5. The molecule has 4 aromatic carbocycles. The first-order chi connectivity index (χ1) is 30.8. The third-order valence-electron chi connectivity index (χ3n) is 10.3. The average molecular weight is 953 g/mol. The Bertz CT molecular complexity index is 2860. The maximum atomic E-state index is 14.2. The Morgan fingerprint density at radius 2 is 1.08 bits per heavy atom. The smallest absolute Gasteiger partial charge is 0.744 e. The Morgan fingerprint density at radius 1 is 0.621 bits per heavy atom. The van der Waals surface area contributed by atoms with Crippen LogP contribution in [0, 0.1) is 13.8 Å². The number of hydrazine groups is 2. The quantitative estimate of drug-likeness (QED) is 0.0749. The topological polar surface area (TPSA) is 247 Å². The zero-order chi connectivity index (χ0) is 44.8. The fraction of sp³-hybridized carbons (Fsp3) is 0.238. The molecule has 0 saturated carbocycles. The number of hydrogen-bond acceptors (Lipinski definition) is 20. The largest absolute Gasteiger partial charge is 1.00 e. The van der Waals surface area contributed by atoms with Crippen molar-refractivity contribution < 1.29 is 94.5 Å². The molecular weight excluding hydrogens is 911 g/mol. The molecule has 4 heterocycles. The van der Waals surface area contributed by atoms with Crippen molar-refractivity contribution in [2.75, 3.05) is 73.3 Å². The van der Waals surface area contributed by atoms with Gasteiger partial charge in [0.25, 0.3) is 0 Å². The molecule has 2 fully saturated rings. The summed E-state index contributed by atoms with van der Waals surface area (Å²) in [4.78, 5) is -2.62. The van der Waals surface area contributed by atoms with Gasteiger partial charge in [-0.05, 0) is 65.7 Å². The van der Waals surface area contributed by atoms with E-state index in [-0.39, 0.29) is 140 Å². The van der Waals surface area contributed by atoms with Gasteiger partial charge in [0.2, 0.25) is 0 Å². The summed E-state index contributed by atoms with van der Waals surface area (Å²) in [6, 6.07) is 24.9. The minimum Gasteiger partial charge on any atom is -0.744 e.